The van der Waals surface area contributed by atoms with E-state index in [9.17, 15) is 0 Å². The Morgan fingerprint density at radius 1 is 0.857 bits per heavy atom. The molecular formula is C18H23N3. The molecule has 0 unspecified atom stereocenters. The van der Waals surface area contributed by atoms with Gasteiger partial charge in [0.25, 0.3) is 0 Å². The summed E-state index contributed by atoms with van der Waals surface area (Å²) in [5.74, 6) is 0. The highest BCUT2D eigenvalue weighted by atomic mass is 15.7. The maximum atomic E-state index is 4.77. The van der Waals surface area contributed by atoms with Gasteiger partial charge in [-0.25, -0.2) is 5.01 Å². The van der Waals surface area contributed by atoms with Crippen LogP contribution in [0, 0.1) is 10.8 Å². The van der Waals surface area contributed by atoms with Crippen molar-refractivity contribution in [1.29, 1.82) is 0 Å². The Balaban J connectivity index is 1.92. The van der Waals surface area contributed by atoms with Crippen LogP contribution in [0.5, 0.6) is 0 Å². The minimum atomic E-state index is -0.159. The average Bonchev–Trinajstić information content (AvgIpc) is 2.77. The topological polar surface area (TPSA) is 28.0 Å². The molecule has 3 aliphatic rings. The quantitative estimate of drug-likeness (QED) is 0.682. The lowest BCUT2D eigenvalue weighted by molar-refractivity contribution is -0.180. The number of para-hydroxylation sites is 1. The van der Waals surface area contributed by atoms with E-state index in [0.717, 1.165) is 5.69 Å². The van der Waals surface area contributed by atoms with Crippen LogP contribution >= 0.6 is 0 Å². The molecule has 1 aromatic rings. The van der Waals surface area contributed by atoms with E-state index in [4.69, 9.17) is 5.11 Å². The van der Waals surface area contributed by atoms with Crippen molar-refractivity contribution in [1.82, 2.24) is 0 Å². The number of nitrogens with zero attached hydrogens (tertiary/aromatic N) is 3. The van der Waals surface area contributed by atoms with Crippen LogP contribution < -0.4 is 5.01 Å². The predicted molar refractivity (Wildman–Crippen MR) is 85.2 cm³/mol. The molecule has 0 bridgehead atoms. The molecule has 0 saturated heterocycles. The van der Waals surface area contributed by atoms with Gasteiger partial charge in [-0.3, -0.25) is 0 Å². The zero-order valence-corrected chi connectivity index (χ0v) is 13.7. The minimum absolute atomic E-state index is 0.0975. The molecule has 0 spiro atoms. The zero-order chi connectivity index (χ0) is 15.3. The van der Waals surface area contributed by atoms with Gasteiger partial charge in [0.15, 0.2) is 0 Å². The van der Waals surface area contributed by atoms with Gasteiger partial charge < -0.3 is 0 Å². The smallest absolute Gasteiger partial charge is 0.117 e. The number of anilines is 1. The lowest BCUT2D eigenvalue weighted by Gasteiger charge is -2.81. The van der Waals surface area contributed by atoms with Crippen LogP contribution in [-0.2, 0) is 0 Å². The first-order valence-electron chi connectivity index (χ1n) is 7.73. The fourth-order valence-corrected chi connectivity index (χ4v) is 5.77. The highest BCUT2D eigenvalue weighted by molar-refractivity contribution is 5.66. The highest BCUT2D eigenvalue weighted by Crippen LogP contribution is 2.84. The molecule has 21 heavy (non-hydrogen) atoms. The molecule has 1 fully saturated rings. The average molecular weight is 281 g/mol. The van der Waals surface area contributed by atoms with Gasteiger partial charge in [-0.2, -0.15) is 5.11 Å². The van der Waals surface area contributed by atoms with Crippen LogP contribution in [0.2, 0.25) is 0 Å². The van der Waals surface area contributed by atoms with Gasteiger partial charge in [0.1, 0.15) is 5.54 Å². The molecule has 0 radical (unpaired) electrons. The van der Waals surface area contributed by atoms with Crippen LogP contribution in [0.25, 0.3) is 0 Å². The number of rotatable bonds is 1. The summed E-state index contributed by atoms with van der Waals surface area (Å²) in [5, 5.41) is 11.5. The first-order chi connectivity index (χ1) is 9.77. The first kappa shape index (κ1) is 13.1. The van der Waals surface area contributed by atoms with Crippen LogP contribution in [0.15, 0.2) is 51.8 Å². The van der Waals surface area contributed by atoms with Gasteiger partial charge in [-0.15, -0.1) is 0 Å². The second-order valence-electron chi connectivity index (χ2n) is 7.48. The third-order valence-corrected chi connectivity index (χ3v) is 7.72. The van der Waals surface area contributed by atoms with E-state index in [0.29, 0.717) is 0 Å². The zero-order valence-electron chi connectivity index (χ0n) is 13.7. The maximum Gasteiger partial charge on any atom is 0.117 e. The maximum absolute atomic E-state index is 4.77. The van der Waals surface area contributed by atoms with Gasteiger partial charge in [0.05, 0.1) is 11.2 Å². The monoisotopic (exact) mass is 281 g/mol. The second kappa shape index (κ2) is 3.23. The van der Waals surface area contributed by atoms with E-state index < -0.39 is 0 Å². The molecule has 1 aliphatic heterocycles. The number of fused-ring (bicyclic) bond motifs is 4. The molecule has 1 heterocycles. The van der Waals surface area contributed by atoms with Gasteiger partial charge in [-0.05, 0) is 39.8 Å². The Labute approximate surface area is 126 Å². The molecular weight excluding hydrogens is 258 g/mol. The van der Waals surface area contributed by atoms with E-state index in [-0.39, 0.29) is 21.9 Å². The summed E-state index contributed by atoms with van der Waals surface area (Å²) >= 11 is 0. The molecule has 4 atom stereocenters. The first-order valence-corrected chi connectivity index (χ1v) is 7.73. The van der Waals surface area contributed by atoms with Crippen molar-refractivity contribution in [3.05, 3.63) is 41.5 Å². The minimum Gasteiger partial charge on any atom is -0.238 e. The Bertz CT molecular complexity index is 706. The van der Waals surface area contributed by atoms with E-state index in [2.05, 4.69) is 76.0 Å². The lowest BCUT2D eigenvalue weighted by atomic mass is 9.23. The molecule has 3 nitrogen and oxygen atoms in total. The van der Waals surface area contributed by atoms with E-state index >= 15 is 0 Å². The SMILES string of the molecule is CC1=C(C)[C@]2(C)[C@@]3(C)N=NN(c4ccccc4)[C@]3(C)[C@@]12C. The van der Waals surface area contributed by atoms with Gasteiger partial charge in [-0.1, -0.05) is 48.4 Å². The summed E-state index contributed by atoms with van der Waals surface area (Å²) in [6.07, 6.45) is 0. The third kappa shape index (κ3) is 0.889. The van der Waals surface area contributed by atoms with Crippen molar-refractivity contribution in [3.63, 3.8) is 0 Å². The van der Waals surface area contributed by atoms with Gasteiger partial charge in [0.2, 0.25) is 0 Å². The fraction of sp³-hybridized carbons (Fsp3) is 0.556. The number of hydrogen-bond acceptors (Lipinski definition) is 3. The van der Waals surface area contributed by atoms with Crippen molar-refractivity contribution in [2.24, 2.45) is 21.2 Å². The Morgan fingerprint density at radius 2 is 1.43 bits per heavy atom. The molecule has 2 aliphatic carbocycles. The van der Waals surface area contributed by atoms with Crippen LogP contribution in [0.4, 0.5) is 5.69 Å². The van der Waals surface area contributed by atoms with Crippen molar-refractivity contribution in [2.45, 2.75) is 52.6 Å². The van der Waals surface area contributed by atoms with Crippen LogP contribution in [0.3, 0.4) is 0 Å². The van der Waals surface area contributed by atoms with Crippen molar-refractivity contribution >= 4 is 5.69 Å². The van der Waals surface area contributed by atoms with E-state index in [1.54, 1.807) is 0 Å². The number of benzene rings is 1. The summed E-state index contributed by atoms with van der Waals surface area (Å²) < 4.78 is 0. The summed E-state index contributed by atoms with van der Waals surface area (Å²) in [6, 6.07) is 10.4. The molecule has 3 heteroatoms. The summed E-state index contributed by atoms with van der Waals surface area (Å²) in [6.45, 7) is 13.9. The molecule has 1 saturated carbocycles. The fourth-order valence-electron chi connectivity index (χ4n) is 5.77. The lowest BCUT2D eigenvalue weighted by Crippen LogP contribution is -2.89. The van der Waals surface area contributed by atoms with Crippen LogP contribution in [-0.4, -0.2) is 11.1 Å². The molecule has 1 aromatic carbocycles. The molecule has 0 N–H and O–H groups in total. The largest absolute Gasteiger partial charge is 0.238 e. The highest BCUT2D eigenvalue weighted by Gasteiger charge is 2.89. The van der Waals surface area contributed by atoms with Crippen molar-refractivity contribution < 1.29 is 0 Å². The summed E-state index contributed by atoms with van der Waals surface area (Å²) in [4.78, 5) is 0. The van der Waals surface area contributed by atoms with E-state index in [1.807, 2.05) is 6.07 Å². The Kier molecular flexibility index (Phi) is 2.01. The molecule has 0 amide bonds. The van der Waals surface area contributed by atoms with Gasteiger partial charge in [0, 0.05) is 10.8 Å². The van der Waals surface area contributed by atoms with E-state index in [1.165, 1.54) is 11.1 Å². The van der Waals surface area contributed by atoms with Crippen LogP contribution in [0.1, 0.15) is 41.5 Å². The predicted octanol–water partition coefficient (Wildman–Crippen LogP) is 4.77. The second-order valence-corrected chi connectivity index (χ2v) is 7.48. The Morgan fingerprint density at radius 3 is 2.05 bits per heavy atom. The summed E-state index contributed by atoms with van der Waals surface area (Å²) in [5.41, 5.74) is 4.13. The van der Waals surface area contributed by atoms with Crippen molar-refractivity contribution in [2.75, 3.05) is 5.01 Å². The normalized spacial score (nSPS) is 46.9. The number of hydrogen-bond donors (Lipinski definition) is 0. The third-order valence-electron chi connectivity index (χ3n) is 7.72. The molecule has 4 rings (SSSR count). The summed E-state index contributed by atoms with van der Waals surface area (Å²) in [7, 11) is 0. The molecule has 0 aromatic heterocycles. The van der Waals surface area contributed by atoms with Gasteiger partial charge >= 0.3 is 0 Å². The Hall–Kier alpha value is -1.64. The van der Waals surface area contributed by atoms with Crippen molar-refractivity contribution in [3.8, 4) is 0 Å². The standard InChI is InChI=1S/C18H23N3/c1-12-13(2)16(4)15(12,3)17(5)18(16,6)21(20-19-17)14-10-8-7-9-11-14/h7-11H,1-6H3/t15-,16-,17+,18+/m0/s1. The molecule has 110 valence electrons.